The number of hydrogen-bond acceptors (Lipinski definition) is 3. The van der Waals surface area contributed by atoms with Gasteiger partial charge in [-0.1, -0.05) is 18.2 Å². The molecule has 3 rings (SSSR count). The fourth-order valence-electron chi connectivity index (χ4n) is 2.68. The first-order chi connectivity index (χ1) is 9.34. The Bertz CT molecular complexity index is 562. The van der Waals surface area contributed by atoms with Crippen molar-refractivity contribution in [2.24, 2.45) is 0 Å². The molecule has 0 aliphatic carbocycles. The molecule has 1 saturated heterocycles. The van der Waals surface area contributed by atoms with Crippen molar-refractivity contribution in [1.29, 1.82) is 0 Å². The quantitative estimate of drug-likeness (QED) is 0.917. The van der Waals surface area contributed by atoms with Gasteiger partial charge in [-0.25, -0.2) is 0 Å². The van der Waals surface area contributed by atoms with E-state index in [9.17, 15) is 0 Å². The molecule has 19 heavy (non-hydrogen) atoms. The van der Waals surface area contributed by atoms with E-state index in [-0.39, 0.29) is 0 Å². The minimum Gasteiger partial charge on any atom is -0.380 e. The van der Waals surface area contributed by atoms with E-state index in [4.69, 9.17) is 4.74 Å². The van der Waals surface area contributed by atoms with Crippen LogP contribution in [0.3, 0.4) is 0 Å². The summed E-state index contributed by atoms with van der Waals surface area (Å²) >= 11 is 0. The first kappa shape index (κ1) is 12.6. The number of aromatic nitrogens is 1. The van der Waals surface area contributed by atoms with Gasteiger partial charge in [-0.05, 0) is 37.0 Å². The van der Waals surface area contributed by atoms with Crippen molar-refractivity contribution < 1.29 is 4.74 Å². The zero-order chi connectivity index (χ0) is 13.1. The van der Waals surface area contributed by atoms with Gasteiger partial charge in [0.05, 0.1) is 12.1 Å². The second-order valence-corrected chi connectivity index (χ2v) is 5.24. The molecule has 0 unspecified atom stereocenters. The molecule has 1 fully saturated rings. The third-order valence-electron chi connectivity index (χ3n) is 3.80. The number of ether oxygens (including phenoxy) is 1. The molecule has 1 aliphatic heterocycles. The van der Waals surface area contributed by atoms with E-state index in [1.54, 1.807) is 0 Å². The van der Waals surface area contributed by atoms with Crippen molar-refractivity contribution in [3.05, 3.63) is 41.6 Å². The van der Waals surface area contributed by atoms with Crippen molar-refractivity contribution in [2.45, 2.75) is 32.4 Å². The Balaban J connectivity index is 1.79. The molecule has 0 spiro atoms. The van der Waals surface area contributed by atoms with E-state index >= 15 is 0 Å². The Morgan fingerprint density at radius 2 is 2.32 bits per heavy atom. The number of fused-ring (bicyclic) bond motifs is 1. The highest BCUT2D eigenvalue weighted by molar-refractivity contribution is 5.84. The number of nitrogens with zero attached hydrogens (tertiary/aromatic N) is 1. The Hall–Kier alpha value is -1.45. The van der Waals surface area contributed by atoms with Gasteiger partial charge in [0.1, 0.15) is 0 Å². The molecule has 0 radical (unpaired) electrons. The van der Waals surface area contributed by atoms with Crippen LogP contribution < -0.4 is 5.32 Å². The fraction of sp³-hybridized carbons (Fsp3) is 0.438. The van der Waals surface area contributed by atoms with E-state index in [1.165, 1.54) is 22.9 Å². The van der Waals surface area contributed by atoms with Crippen LogP contribution in [0, 0.1) is 6.92 Å². The van der Waals surface area contributed by atoms with Crippen LogP contribution in [0.25, 0.3) is 10.9 Å². The van der Waals surface area contributed by atoms with Crippen LogP contribution in [0.4, 0.5) is 0 Å². The van der Waals surface area contributed by atoms with Crippen LogP contribution in [0.2, 0.25) is 0 Å². The van der Waals surface area contributed by atoms with E-state index < -0.39 is 0 Å². The average molecular weight is 256 g/mol. The van der Waals surface area contributed by atoms with Gasteiger partial charge >= 0.3 is 0 Å². The molecule has 3 heteroatoms. The van der Waals surface area contributed by atoms with Crippen LogP contribution in [0.5, 0.6) is 0 Å². The summed E-state index contributed by atoms with van der Waals surface area (Å²) in [4.78, 5) is 4.48. The van der Waals surface area contributed by atoms with Crippen molar-refractivity contribution >= 4 is 10.9 Å². The van der Waals surface area contributed by atoms with Crippen LogP contribution in [-0.4, -0.2) is 24.2 Å². The SMILES string of the molecule is Cc1ccc(CN[C@@H]2CCCOC2)c2cccnc12. The lowest BCUT2D eigenvalue weighted by molar-refractivity contribution is 0.0700. The Morgan fingerprint density at radius 3 is 3.16 bits per heavy atom. The number of benzene rings is 1. The molecular formula is C16H20N2O. The summed E-state index contributed by atoms with van der Waals surface area (Å²) in [5.41, 5.74) is 3.67. The number of nitrogens with one attached hydrogen (secondary N) is 1. The molecule has 2 aromatic rings. The predicted molar refractivity (Wildman–Crippen MR) is 77.2 cm³/mol. The monoisotopic (exact) mass is 256 g/mol. The first-order valence-corrected chi connectivity index (χ1v) is 6.99. The van der Waals surface area contributed by atoms with E-state index in [0.29, 0.717) is 6.04 Å². The third kappa shape index (κ3) is 2.77. The summed E-state index contributed by atoms with van der Waals surface area (Å²) < 4.78 is 5.50. The van der Waals surface area contributed by atoms with Gasteiger partial charge in [0.2, 0.25) is 0 Å². The number of aryl methyl sites for hydroxylation is 1. The average Bonchev–Trinajstić information content (AvgIpc) is 2.48. The lowest BCUT2D eigenvalue weighted by atomic mass is 10.0. The highest BCUT2D eigenvalue weighted by atomic mass is 16.5. The molecule has 1 aromatic carbocycles. The molecule has 1 aromatic heterocycles. The molecule has 1 aliphatic rings. The third-order valence-corrected chi connectivity index (χ3v) is 3.80. The number of pyridine rings is 1. The second-order valence-electron chi connectivity index (χ2n) is 5.24. The smallest absolute Gasteiger partial charge is 0.0734 e. The maximum atomic E-state index is 5.50. The summed E-state index contributed by atoms with van der Waals surface area (Å²) in [7, 11) is 0. The van der Waals surface area contributed by atoms with Gasteiger partial charge in [0, 0.05) is 30.8 Å². The van der Waals surface area contributed by atoms with Gasteiger partial charge in [-0.2, -0.15) is 0 Å². The van der Waals surface area contributed by atoms with Crippen molar-refractivity contribution in [1.82, 2.24) is 10.3 Å². The highest BCUT2D eigenvalue weighted by Crippen LogP contribution is 2.20. The zero-order valence-electron chi connectivity index (χ0n) is 11.4. The normalized spacial score (nSPS) is 19.7. The van der Waals surface area contributed by atoms with E-state index in [0.717, 1.165) is 31.7 Å². The summed E-state index contributed by atoms with van der Waals surface area (Å²) in [6, 6.07) is 9.01. The van der Waals surface area contributed by atoms with Crippen LogP contribution in [0.1, 0.15) is 24.0 Å². The van der Waals surface area contributed by atoms with Crippen LogP contribution in [-0.2, 0) is 11.3 Å². The molecule has 100 valence electrons. The van der Waals surface area contributed by atoms with Crippen LogP contribution >= 0.6 is 0 Å². The Morgan fingerprint density at radius 1 is 1.37 bits per heavy atom. The van der Waals surface area contributed by atoms with Gasteiger partial charge in [0.25, 0.3) is 0 Å². The number of hydrogen-bond donors (Lipinski definition) is 1. The molecule has 1 N–H and O–H groups in total. The lowest BCUT2D eigenvalue weighted by Crippen LogP contribution is -2.36. The maximum absolute atomic E-state index is 5.50. The molecule has 3 nitrogen and oxygen atoms in total. The summed E-state index contributed by atoms with van der Waals surface area (Å²) in [5.74, 6) is 0. The predicted octanol–water partition coefficient (Wildman–Crippen LogP) is 2.81. The summed E-state index contributed by atoms with van der Waals surface area (Å²) in [5, 5.41) is 4.85. The molecule has 2 heterocycles. The van der Waals surface area contributed by atoms with E-state index in [1.807, 2.05) is 12.3 Å². The minimum absolute atomic E-state index is 0.488. The minimum atomic E-state index is 0.488. The maximum Gasteiger partial charge on any atom is 0.0734 e. The fourth-order valence-corrected chi connectivity index (χ4v) is 2.68. The Labute approximate surface area is 114 Å². The van der Waals surface area contributed by atoms with Crippen LogP contribution in [0.15, 0.2) is 30.5 Å². The van der Waals surface area contributed by atoms with Crippen molar-refractivity contribution in [3.8, 4) is 0 Å². The van der Waals surface area contributed by atoms with Gasteiger partial charge in [0.15, 0.2) is 0 Å². The lowest BCUT2D eigenvalue weighted by Gasteiger charge is -2.23. The number of rotatable bonds is 3. The summed E-state index contributed by atoms with van der Waals surface area (Å²) in [6.45, 7) is 4.75. The first-order valence-electron chi connectivity index (χ1n) is 6.99. The highest BCUT2D eigenvalue weighted by Gasteiger charge is 2.13. The summed E-state index contributed by atoms with van der Waals surface area (Å²) in [6.07, 6.45) is 4.23. The topological polar surface area (TPSA) is 34.1 Å². The molecule has 0 saturated carbocycles. The second kappa shape index (κ2) is 5.68. The molecular weight excluding hydrogens is 236 g/mol. The van der Waals surface area contributed by atoms with Crippen molar-refractivity contribution in [3.63, 3.8) is 0 Å². The van der Waals surface area contributed by atoms with E-state index in [2.05, 4.69) is 35.4 Å². The Kier molecular flexibility index (Phi) is 3.76. The van der Waals surface area contributed by atoms with Gasteiger partial charge < -0.3 is 10.1 Å². The molecule has 0 bridgehead atoms. The zero-order valence-corrected chi connectivity index (χ0v) is 11.4. The van der Waals surface area contributed by atoms with Crippen molar-refractivity contribution in [2.75, 3.05) is 13.2 Å². The molecule has 1 atom stereocenters. The molecule has 0 amide bonds. The van der Waals surface area contributed by atoms with Gasteiger partial charge in [-0.3, -0.25) is 4.98 Å². The largest absolute Gasteiger partial charge is 0.380 e. The van der Waals surface area contributed by atoms with Gasteiger partial charge in [-0.15, -0.1) is 0 Å². The standard InChI is InChI=1S/C16H20N2O/c1-12-6-7-13(15-5-2-8-17-16(12)15)10-18-14-4-3-9-19-11-14/h2,5-8,14,18H,3-4,9-11H2,1H3/t14-/m1/s1.